The van der Waals surface area contributed by atoms with Crippen LogP contribution in [0.5, 0.6) is 10.9 Å². The van der Waals surface area contributed by atoms with E-state index in [0.717, 1.165) is 24.8 Å². The second-order valence-electron chi connectivity index (χ2n) is 5.60. The van der Waals surface area contributed by atoms with Crippen LogP contribution in [0, 0.1) is 0 Å². The fourth-order valence-electron chi connectivity index (χ4n) is 3.22. The molecule has 112 valence electrons. The van der Waals surface area contributed by atoms with Crippen molar-refractivity contribution in [2.45, 2.75) is 31.3 Å². The highest BCUT2D eigenvalue weighted by molar-refractivity contribution is 7.11. The number of fused-ring (bicyclic) bond motifs is 2. The average Bonchev–Trinajstić information content (AvgIpc) is 3.13. The van der Waals surface area contributed by atoms with Gasteiger partial charge in [-0.25, -0.2) is 4.98 Å². The van der Waals surface area contributed by atoms with Gasteiger partial charge in [0.05, 0.1) is 6.04 Å². The first-order valence-electron chi connectivity index (χ1n) is 7.48. The molecule has 2 bridgehead atoms. The van der Waals surface area contributed by atoms with E-state index in [4.69, 9.17) is 4.74 Å². The topological polar surface area (TPSA) is 42.4 Å². The first kappa shape index (κ1) is 13.5. The normalized spacial score (nSPS) is 22.8. The number of hydrogen-bond donors (Lipinski definition) is 0. The predicted molar refractivity (Wildman–Crippen MR) is 85.4 cm³/mol. The number of benzene rings is 1. The van der Waals surface area contributed by atoms with Crippen molar-refractivity contribution in [3.8, 4) is 10.9 Å². The number of aromatic nitrogens is 1. The van der Waals surface area contributed by atoms with Crippen molar-refractivity contribution in [1.82, 2.24) is 9.88 Å². The highest BCUT2D eigenvalue weighted by Gasteiger charge is 2.37. The average molecular weight is 312 g/mol. The molecule has 0 aliphatic carbocycles. The lowest BCUT2D eigenvalue weighted by atomic mass is 10.1. The van der Waals surface area contributed by atoms with Crippen molar-refractivity contribution in [2.75, 3.05) is 0 Å². The molecule has 0 N–H and O–H groups in total. The fraction of sp³-hybridized carbons (Fsp3) is 0.294. The Morgan fingerprint density at radius 3 is 2.86 bits per heavy atom. The van der Waals surface area contributed by atoms with Gasteiger partial charge in [0.15, 0.2) is 0 Å². The van der Waals surface area contributed by atoms with Crippen LogP contribution < -0.4 is 4.74 Å². The molecule has 5 heteroatoms. The molecule has 22 heavy (non-hydrogen) atoms. The Balaban J connectivity index is 1.51. The molecule has 1 saturated heterocycles. The van der Waals surface area contributed by atoms with Gasteiger partial charge in [0.2, 0.25) is 0 Å². The van der Waals surface area contributed by atoms with Crippen LogP contribution in [0.4, 0.5) is 0 Å². The molecule has 1 fully saturated rings. The largest absolute Gasteiger partial charge is 0.431 e. The van der Waals surface area contributed by atoms with Crippen molar-refractivity contribution < 1.29 is 9.53 Å². The van der Waals surface area contributed by atoms with E-state index < -0.39 is 0 Å². The number of thiazole rings is 1. The third kappa shape index (κ3) is 2.41. The minimum absolute atomic E-state index is 0.123. The Hall–Kier alpha value is -2.14. The molecule has 2 aromatic rings. The maximum atomic E-state index is 12.7. The summed E-state index contributed by atoms with van der Waals surface area (Å²) in [5, 5.41) is 2.48. The van der Waals surface area contributed by atoms with Gasteiger partial charge in [-0.05, 0) is 43.5 Å². The van der Waals surface area contributed by atoms with Crippen LogP contribution in [-0.2, 0) is 0 Å². The highest BCUT2D eigenvalue weighted by atomic mass is 32.1. The van der Waals surface area contributed by atoms with Gasteiger partial charge in [0, 0.05) is 23.2 Å². The summed E-state index contributed by atoms with van der Waals surface area (Å²) in [4.78, 5) is 18.9. The van der Waals surface area contributed by atoms with E-state index in [1.807, 2.05) is 34.5 Å². The molecule has 2 aliphatic heterocycles. The lowest BCUT2D eigenvalue weighted by molar-refractivity contribution is 0.0689. The SMILES string of the molecule is O=C(c1ccc(Oc2nccs2)cc1)N1C2C=CCC1CC2. The van der Waals surface area contributed by atoms with Crippen LogP contribution in [-0.4, -0.2) is 27.9 Å². The van der Waals surface area contributed by atoms with E-state index in [1.165, 1.54) is 11.3 Å². The predicted octanol–water partition coefficient (Wildman–Crippen LogP) is 3.87. The quantitative estimate of drug-likeness (QED) is 0.808. The smallest absolute Gasteiger partial charge is 0.278 e. The van der Waals surface area contributed by atoms with Crippen molar-refractivity contribution in [2.24, 2.45) is 0 Å². The van der Waals surface area contributed by atoms with E-state index in [0.29, 0.717) is 17.0 Å². The van der Waals surface area contributed by atoms with Gasteiger partial charge in [0.1, 0.15) is 5.75 Å². The van der Waals surface area contributed by atoms with Gasteiger partial charge in [-0.3, -0.25) is 4.79 Å². The third-order valence-corrected chi connectivity index (χ3v) is 4.91. The Bertz CT molecular complexity index is 694. The summed E-state index contributed by atoms with van der Waals surface area (Å²) in [6, 6.07) is 7.98. The zero-order chi connectivity index (χ0) is 14.9. The van der Waals surface area contributed by atoms with Crippen LogP contribution in [0.1, 0.15) is 29.6 Å². The molecule has 0 radical (unpaired) electrons. The molecule has 2 aliphatic rings. The lowest BCUT2D eigenvalue weighted by Gasteiger charge is -2.31. The van der Waals surface area contributed by atoms with Gasteiger partial charge in [-0.2, -0.15) is 0 Å². The van der Waals surface area contributed by atoms with Gasteiger partial charge < -0.3 is 9.64 Å². The van der Waals surface area contributed by atoms with Crippen LogP contribution >= 0.6 is 11.3 Å². The van der Waals surface area contributed by atoms with Crippen molar-refractivity contribution in [3.63, 3.8) is 0 Å². The Labute approximate surface area is 133 Å². The highest BCUT2D eigenvalue weighted by Crippen LogP contribution is 2.33. The first-order valence-corrected chi connectivity index (χ1v) is 8.36. The summed E-state index contributed by atoms with van der Waals surface area (Å²) >= 11 is 1.44. The van der Waals surface area contributed by atoms with Gasteiger partial charge >= 0.3 is 0 Å². The maximum Gasteiger partial charge on any atom is 0.278 e. The van der Waals surface area contributed by atoms with E-state index in [-0.39, 0.29) is 11.9 Å². The second kappa shape index (κ2) is 5.57. The zero-order valence-corrected chi connectivity index (χ0v) is 12.8. The minimum atomic E-state index is 0.123. The summed E-state index contributed by atoms with van der Waals surface area (Å²) in [5.74, 6) is 0.825. The molecule has 4 nitrogen and oxygen atoms in total. The van der Waals surface area contributed by atoms with Crippen molar-refractivity contribution in [1.29, 1.82) is 0 Å². The maximum absolute atomic E-state index is 12.7. The fourth-order valence-corrected chi connectivity index (χ4v) is 3.72. The van der Waals surface area contributed by atoms with E-state index >= 15 is 0 Å². The molecule has 2 atom stereocenters. The molecule has 0 saturated carbocycles. The van der Waals surface area contributed by atoms with Crippen LogP contribution in [0.15, 0.2) is 48.0 Å². The monoisotopic (exact) mass is 312 g/mol. The number of ether oxygens (including phenoxy) is 1. The molecular weight excluding hydrogens is 296 g/mol. The van der Waals surface area contributed by atoms with Crippen LogP contribution in [0.25, 0.3) is 0 Å². The second-order valence-corrected chi connectivity index (χ2v) is 6.46. The van der Waals surface area contributed by atoms with Gasteiger partial charge in [-0.15, -0.1) is 0 Å². The zero-order valence-electron chi connectivity index (χ0n) is 12.0. The number of carbonyl (C=O) groups is 1. The number of nitrogens with zero attached hydrogens (tertiary/aromatic N) is 2. The summed E-state index contributed by atoms with van der Waals surface area (Å²) in [5.41, 5.74) is 0.721. The molecule has 3 heterocycles. The minimum Gasteiger partial charge on any atom is -0.431 e. The summed E-state index contributed by atoms with van der Waals surface area (Å²) in [7, 11) is 0. The van der Waals surface area contributed by atoms with E-state index in [2.05, 4.69) is 17.1 Å². The molecular formula is C17H16N2O2S. The van der Waals surface area contributed by atoms with Gasteiger partial charge in [-0.1, -0.05) is 23.5 Å². The summed E-state index contributed by atoms with van der Waals surface area (Å²) in [6.07, 6.45) is 9.25. The lowest BCUT2D eigenvalue weighted by Crippen LogP contribution is -2.42. The van der Waals surface area contributed by atoms with E-state index in [9.17, 15) is 4.79 Å². The number of carbonyl (C=O) groups excluding carboxylic acids is 1. The number of hydrogen-bond acceptors (Lipinski definition) is 4. The molecule has 1 amide bonds. The van der Waals surface area contributed by atoms with Crippen molar-refractivity contribution >= 4 is 17.2 Å². The molecule has 1 aromatic carbocycles. The Kier molecular flexibility index (Phi) is 3.42. The first-order chi connectivity index (χ1) is 10.8. The molecule has 1 aromatic heterocycles. The van der Waals surface area contributed by atoms with Crippen molar-refractivity contribution in [3.05, 3.63) is 53.6 Å². The summed E-state index contributed by atoms with van der Waals surface area (Å²) in [6.45, 7) is 0. The molecule has 4 rings (SSSR count). The van der Waals surface area contributed by atoms with Crippen LogP contribution in [0.3, 0.4) is 0 Å². The Morgan fingerprint density at radius 1 is 1.27 bits per heavy atom. The van der Waals surface area contributed by atoms with Crippen LogP contribution in [0.2, 0.25) is 0 Å². The molecule has 2 unspecified atom stereocenters. The standard InChI is InChI=1S/C17H16N2O2S/c20-16(19-13-2-1-3-14(19)7-6-13)12-4-8-15(9-5-12)21-17-18-10-11-22-17/h1-2,4-5,8-11,13-14H,3,6-7H2. The Morgan fingerprint density at radius 2 is 2.14 bits per heavy atom. The third-order valence-electron chi connectivity index (χ3n) is 4.26. The number of rotatable bonds is 3. The molecule has 0 spiro atoms. The summed E-state index contributed by atoms with van der Waals surface area (Å²) < 4.78 is 5.62. The van der Waals surface area contributed by atoms with Gasteiger partial charge in [0.25, 0.3) is 11.1 Å². The number of amides is 1. The van der Waals surface area contributed by atoms with E-state index in [1.54, 1.807) is 6.20 Å².